The first-order chi connectivity index (χ1) is 15.9. The summed E-state index contributed by atoms with van der Waals surface area (Å²) in [5.74, 6) is -1.36. The third-order valence-electron chi connectivity index (χ3n) is 6.69. The molecule has 2 aromatic carbocycles. The lowest BCUT2D eigenvalue weighted by atomic mass is 9.84. The fourth-order valence-corrected chi connectivity index (χ4v) is 5.15. The molecule has 4 rings (SSSR count). The van der Waals surface area contributed by atoms with Gasteiger partial charge in [0, 0.05) is 18.0 Å². The van der Waals surface area contributed by atoms with Crippen molar-refractivity contribution in [1.82, 2.24) is 4.57 Å². The monoisotopic (exact) mass is 471 g/mol. The van der Waals surface area contributed by atoms with Gasteiger partial charge in [-0.3, -0.25) is 4.79 Å². The summed E-state index contributed by atoms with van der Waals surface area (Å²) in [7, 11) is 0. The van der Waals surface area contributed by atoms with Crippen molar-refractivity contribution in [3.05, 3.63) is 80.3 Å². The van der Waals surface area contributed by atoms with Crippen LogP contribution in [0.3, 0.4) is 0 Å². The highest BCUT2D eigenvalue weighted by Gasteiger charge is 2.23. The van der Waals surface area contributed by atoms with Gasteiger partial charge in [0.25, 0.3) is 0 Å². The van der Waals surface area contributed by atoms with Gasteiger partial charge in [-0.15, -0.1) is 0 Å². The zero-order valence-corrected chi connectivity index (χ0v) is 19.0. The lowest BCUT2D eigenvalue weighted by molar-refractivity contribution is 0.0694. The van der Waals surface area contributed by atoms with E-state index in [0.717, 1.165) is 32.1 Å². The Kier molecular flexibility index (Phi) is 7.15. The zero-order valence-electron chi connectivity index (χ0n) is 18.3. The molecular formula is C26H27ClFNO4. The Labute approximate surface area is 196 Å². The summed E-state index contributed by atoms with van der Waals surface area (Å²) in [6.07, 6.45) is 8.03. The standard InChI is InChI=1S/C26H27ClFNO4/c27-22-8-4-7-18(24(22)28)11-17-9-10-23-20(13-17)25(31)21(26(32)33)14-29(23)19(15-30)12-16-5-2-1-3-6-16/h4,7-10,13-14,16,19,30H,1-3,5-6,11-12,15H2,(H,32,33). The second kappa shape index (κ2) is 10.1. The van der Waals surface area contributed by atoms with Crippen molar-refractivity contribution in [3.8, 4) is 0 Å². The summed E-state index contributed by atoms with van der Waals surface area (Å²) in [6, 6.07) is 9.61. The number of hydrogen-bond acceptors (Lipinski definition) is 3. The molecule has 0 amide bonds. The first kappa shape index (κ1) is 23.5. The van der Waals surface area contributed by atoms with Gasteiger partial charge in [-0.1, -0.05) is 61.9 Å². The minimum Gasteiger partial charge on any atom is -0.477 e. The predicted molar refractivity (Wildman–Crippen MR) is 127 cm³/mol. The van der Waals surface area contributed by atoms with Gasteiger partial charge in [0.05, 0.1) is 23.2 Å². The van der Waals surface area contributed by atoms with Gasteiger partial charge in [-0.05, 0) is 41.7 Å². The SMILES string of the molecule is O=C(O)c1cn(C(CO)CC2CCCCC2)c2ccc(Cc3cccc(Cl)c3F)cc2c1=O. The topological polar surface area (TPSA) is 79.5 Å². The van der Waals surface area contributed by atoms with E-state index in [4.69, 9.17) is 11.6 Å². The number of benzene rings is 2. The third-order valence-corrected chi connectivity index (χ3v) is 6.98. The van der Waals surface area contributed by atoms with E-state index >= 15 is 0 Å². The molecule has 2 N–H and O–H groups in total. The Bertz CT molecular complexity index is 1230. The Morgan fingerprint density at radius 1 is 1.18 bits per heavy atom. The highest BCUT2D eigenvalue weighted by molar-refractivity contribution is 6.30. The first-order valence-electron chi connectivity index (χ1n) is 11.3. The highest BCUT2D eigenvalue weighted by atomic mass is 35.5. The molecule has 174 valence electrons. The molecule has 1 unspecified atom stereocenters. The molecule has 0 saturated heterocycles. The maximum atomic E-state index is 14.4. The molecule has 1 aliphatic rings. The third kappa shape index (κ3) is 4.97. The van der Waals surface area contributed by atoms with Crippen LogP contribution in [0.4, 0.5) is 4.39 Å². The van der Waals surface area contributed by atoms with E-state index in [1.54, 1.807) is 34.9 Å². The van der Waals surface area contributed by atoms with Crippen molar-refractivity contribution < 1.29 is 19.4 Å². The van der Waals surface area contributed by atoms with Gasteiger partial charge in [0.15, 0.2) is 0 Å². The summed E-state index contributed by atoms with van der Waals surface area (Å²) in [5, 5.41) is 20.1. The number of aromatic nitrogens is 1. The van der Waals surface area contributed by atoms with Gasteiger partial charge in [0.1, 0.15) is 11.4 Å². The molecule has 1 aliphatic carbocycles. The number of carboxylic acid groups (broad SMARTS) is 1. The fraction of sp³-hybridized carbons (Fsp3) is 0.385. The minimum atomic E-state index is -1.31. The van der Waals surface area contributed by atoms with Gasteiger partial charge < -0.3 is 14.8 Å². The number of hydrogen-bond donors (Lipinski definition) is 2. The van der Waals surface area contributed by atoms with Crippen molar-refractivity contribution >= 4 is 28.5 Å². The van der Waals surface area contributed by atoms with E-state index in [-0.39, 0.29) is 35.0 Å². The number of halogens is 2. The van der Waals surface area contributed by atoms with E-state index in [0.29, 0.717) is 22.6 Å². The lowest BCUT2D eigenvalue weighted by Crippen LogP contribution is -2.24. The number of aromatic carboxylic acids is 1. The van der Waals surface area contributed by atoms with Crippen LogP contribution in [0, 0.1) is 11.7 Å². The minimum absolute atomic E-state index is 0.0253. The second-order valence-electron chi connectivity index (χ2n) is 8.90. The zero-order chi connectivity index (χ0) is 23.5. The average molecular weight is 472 g/mol. The van der Waals surface area contributed by atoms with E-state index in [2.05, 4.69) is 0 Å². The number of rotatable bonds is 7. The molecule has 1 aromatic heterocycles. The molecule has 5 nitrogen and oxygen atoms in total. The van der Waals surface area contributed by atoms with Crippen LogP contribution < -0.4 is 5.43 Å². The van der Waals surface area contributed by atoms with E-state index in [1.807, 2.05) is 0 Å². The summed E-state index contributed by atoms with van der Waals surface area (Å²) < 4.78 is 16.1. The van der Waals surface area contributed by atoms with Crippen molar-refractivity contribution in [1.29, 1.82) is 0 Å². The van der Waals surface area contributed by atoms with Crippen LogP contribution in [0.2, 0.25) is 5.02 Å². The number of fused-ring (bicyclic) bond motifs is 1. The molecule has 33 heavy (non-hydrogen) atoms. The van der Waals surface area contributed by atoms with Crippen LogP contribution in [-0.4, -0.2) is 27.4 Å². The van der Waals surface area contributed by atoms with Crippen LogP contribution in [0.5, 0.6) is 0 Å². The Morgan fingerprint density at radius 2 is 1.94 bits per heavy atom. The van der Waals surface area contributed by atoms with Gasteiger partial charge in [-0.25, -0.2) is 9.18 Å². The number of pyridine rings is 1. The maximum absolute atomic E-state index is 14.4. The van der Waals surface area contributed by atoms with Crippen molar-refractivity contribution in [2.45, 2.75) is 51.0 Å². The van der Waals surface area contributed by atoms with E-state index < -0.39 is 17.2 Å². The molecule has 0 radical (unpaired) electrons. The fourth-order valence-electron chi connectivity index (χ4n) is 4.96. The van der Waals surface area contributed by atoms with E-state index in [9.17, 15) is 24.2 Å². The van der Waals surface area contributed by atoms with Crippen LogP contribution in [0.25, 0.3) is 10.9 Å². The van der Waals surface area contributed by atoms with Crippen LogP contribution >= 0.6 is 11.6 Å². The second-order valence-corrected chi connectivity index (χ2v) is 9.31. The van der Waals surface area contributed by atoms with Crippen LogP contribution in [0.15, 0.2) is 47.4 Å². The lowest BCUT2D eigenvalue weighted by Gasteiger charge is -2.28. The number of carbonyl (C=O) groups is 1. The number of aliphatic hydroxyl groups excluding tert-OH is 1. The molecule has 3 aromatic rings. The van der Waals surface area contributed by atoms with Crippen LogP contribution in [-0.2, 0) is 6.42 Å². The summed E-state index contributed by atoms with van der Waals surface area (Å²) >= 11 is 5.89. The maximum Gasteiger partial charge on any atom is 0.341 e. The summed E-state index contributed by atoms with van der Waals surface area (Å²) in [4.78, 5) is 24.8. The molecule has 1 saturated carbocycles. The molecule has 1 atom stereocenters. The molecule has 7 heteroatoms. The summed E-state index contributed by atoms with van der Waals surface area (Å²) in [6.45, 7) is -0.150. The quantitative estimate of drug-likeness (QED) is 0.471. The molecule has 0 bridgehead atoms. The van der Waals surface area contributed by atoms with Gasteiger partial charge in [0.2, 0.25) is 5.43 Å². The normalized spacial score (nSPS) is 15.6. The van der Waals surface area contributed by atoms with E-state index in [1.165, 1.54) is 18.7 Å². The first-order valence-corrected chi connectivity index (χ1v) is 11.7. The van der Waals surface area contributed by atoms with Crippen LogP contribution in [0.1, 0.15) is 66.1 Å². The Morgan fingerprint density at radius 3 is 2.64 bits per heavy atom. The molecule has 0 aliphatic heterocycles. The van der Waals surface area contributed by atoms with Crippen molar-refractivity contribution in [3.63, 3.8) is 0 Å². The predicted octanol–water partition coefficient (Wildman–Crippen LogP) is 5.59. The van der Waals surface area contributed by atoms with Gasteiger partial charge in [-0.2, -0.15) is 0 Å². The van der Waals surface area contributed by atoms with Gasteiger partial charge >= 0.3 is 5.97 Å². The number of carboxylic acids is 1. The average Bonchev–Trinajstić information content (AvgIpc) is 2.81. The molecule has 1 fully saturated rings. The largest absolute Gasteiger partial charge is 0.477 e. The molecule has 1 heterocycles. The smallest absolute Gasteiger partial charge is 0.341 e. The number of aliphatic hydroxyl groups is 1. The molecular weight excluding hydrogens is 445 g/mol. The van der Waals surface area contributed by atoms with Crippen molar-refractivity contribution in [2.75, 3.05) is 6.61 Å². The Balaban J connectivity index is 1.78. The summed E-state index contributed by atoms with van der Waals surface area (Å²) in [5.41, 5.74) is 0.701. The Hall–Kier alpha value is -2.70. The highest BCUT2D eigenvalue weighted by Crippen LogP contribution is 2.32. The number of nitrogens with zero attached hydrogens (tertiary/aromatic N) is 1. The molecule has 0 spiro atoms. The van der Waals surface area contributed by atoms with Crippen molar-refractivity contribution in [2.24, 2.45) is 5.92 Å².